The molecule has 1 aromatic heterocycles. The smallest absolute Gasteiger partial charge is 0.0951 e. The summed E-state index contributed by atoms with van der Waals surface area (Å²) >= 11 is 0. The van der Waals surface area contributed by atoms with Gasteiger partial charge in [-0.2, -0.15) is 0 Å². The average Bonchev–Trinajstić information content (AvgIpc) is 2.78. The van der Waals surface area contributed by atoms with Gasteiger partial charge in [0.1, 0.15) is 0 Å². The van der Waals surface area contributed by atoms with Crippen LogP contribution in [0.3, 0.4) is 0 Å². The van der Waals surface area contributed by atoms with E-state index in [0.29, 0.717) is 6.04 Å². The summed E-state index contributed by atoms with van der Waals surface area (Å²) in [4.78, 5) is 6.63. The van der Waals surface area contributed by atoms with E-state index in [1.165, 1.54) is 5.69 Å². The Balaban J connectivity index is 2.28. The maximum absolute atomic E-state index is 4.20. The number of hydrogen-bond acceptors (Lipinski definition) is 3. The molecule has 0 atom stereocenters. The van der Waals surface area contributed by atoms with Gasteiger partial charge in [0.25, 0.3) is 0 Å². The molecule has 0 saturated carbocycles. The SMILES string of the molecule is CCN(CC)CCNCc1cncn1C(C)C. The van der Waals surface area contributed by atoms with Crippen molar-refractivity contribution in [3.05, 3.63) is 18.2 Å². The summed E-state index contributed by atoms with van der Waals surface area (Å²) in [6.07, 6.45) is 3.86. The first-order valence-electron chi connectivity index (χ1n) is 6.62. The molecule has 0 spiro atoms. The molecule has 0 radical (unpaired) electrons. The van der Waals surface area contributed by atoms with E-state index in [-0.39, 0.29) is 0 Å². The lowest BCUT2D eigenvalue weighted by atomic mass is 10.3. The molecular formula is C13H26N4. The van der Waals surface area contributed by atoms with E-state index in [1.54, 1.807) is 0 Å². The van der Waals surface area contributed by atoms with Gasteiger partial charge in [0.15, 0.2) is 0 Å². The Morgan fingerprint density at radius 3 is 2.65 bits per heavy atom. The number of rotatable bonds is 8. The molecule has 0 saturated heterocycles. The van der Waals surface area contributed by atoms with Crippen LogP contribution in [0.1, 0.15) is 39.4 Å². The predicted octanol–water partition coefficient (Wildman–Crippen LogP) is 1.90. The van der Waals surface area contributed by atoms with Crippen molar-refractivity contribution in [3.63, 3.8) is 0 Å². The lowest BCUT2D eigenvalue weighted by Gasteiger charge is -2.18. The third kappa shape index (κ3) is 4.48. The van der Waals surface area contributed by atoms with Gasteiger partial charge in [0, 0.05) is 31.9 Å². The Kier molecular flexibility index (Phi) is 6.22. The van der Waals surface area contributed by atoms with Gasteiger partial charge in [0.2, 0.25) is 0 Å². The minimum absolute atomic E-state index is 0.483. The minimum atomic E-state index is 0.483. The Morgan fingerprint density at radius 2 is 2.06 bits per heavy atom. The summed E-state index contributed by atoms with van der Waals surface area (Å²) < 4.78 is 2.21. The fourth-order valence-electron chi connectivity index (χ4n) is 1.93. The van der Waals surface area contributed by atoms with Gasteiger partial charge in [-0.05, 0) is 26.9 Å². The first-order chi connectivity index (χ1) is 8.19. The maximum atomic E-state index is 4.20. The second kappa shape index (κ2) is 7.45. The van der Waals surface area contributed by atoms with Crippen molar-refractivity contribution in [2.75, 3.05) is 26.2 Å². The third-order valence-corrected chi connectivity index (χ3v) is 3.11. The molecule has 0 aromatic carbocycles. The molecule has 0 aliphatic rings. The monoisotopic (exact) mass is 238 g/mol. The lowest BCUT2D eigenvalue weighted by Crippen LogP contribution is -2.32. The molecule has 0 amide bonds. The molecular weight excluding hydrogens is 212 g/mol. The highest BCUT2D eigenvalue weighted by Crippen LogP contribution is 2.08. The van der Waals surface area contributed by atoms with Crippen molar-refractivity contribution < 1.29 is 0 Å². The first-order valence-corrected chi connectivity index (χ1v) is 6.62. The molecule has 4 nitrogen and oxygen atoms in total. The van der Waals surface area contributed by atoms with Crippen LogP contribution in [0.4, 0.5) is 0 Å². The highest BCUT2D eigenvalue weighted by atomic mass is 15.1. The number of nitrogens with one attached hydrogen (secondary N) is 1. The van der Waals surface area contributed by atoms with Crippen molar-refractivity contribution in [2.45, 2.75) is 40.3 Å². The number of nitrogens with zero attached hydrogens (tertiary/aromatic N) is 3. The molecule has 98 valence electrons. The Labute approximate surface area is 105 Å². The fraction of sp³-hybridized carbons (Fsp3) is 0.769. The molecule has 0 bridgehead atoms. The standard InChI is InChI=1S/C13H26N4/c1-5-16(6-2)8-7-14-9-13-10-15-11-17(13)12(3)4/h10-12,14H,5-9H2,1-4H3. The van der Waals surface area contributed by atoms with E-state index in [4.69, 9.17) is 0 Å². The normalized spacial score (nSPS) is 11.6. The van der Waals surface area contributed by atoms with Crippen LogP contribution >= 0.6 is 0 Å². The second-order valence-electron chi connectivity index (χ2n) is 4.59. The Morgan fingerprint density at radius 1 is 1.35 bits per heavy atom. The zero-order valence-electron chi connectivity index (χ0n) is 11.6. The van der Waals surface area contributed by atoms with E-state index in [0.717, 1.165) is 32.7 Å². The molecule has 0 aliphatic carbocycles. The van der Waals surface area contributed by atoms with Crippen LogP contribution in [0.15, 0.2) is 12.5 Å². The summed E-state index contributed by atoms with van der Waals surface area (Å²) in [5, 5.41) is 3.48. The van der Waals surface area contributed by atoms with Crippen LogP contribution in [0.5, 0.6) is 0 Å². The molecule has 17 heavy (non-hydrogen) atoms. The third-order valence-electron chi connectivity index (χ3n) is 3.11. The maximum Gasteiger partial charge on any atom is 0.0951 e. The van der Waals surface area contributed by atoms with Gasteiger partial charge >= 0.3 is 0 Å². The van der Waals surface area contributed by atoms with Gasteiger partial charge < -0.3 is 14.8 Å². The summed E-state index contributed by atoms with van der Waals surface area (Å²) in [7, 11) is 0. The van der Waals surface area contributed by atoms with Crippen molar-refractivity contribution in [1.29, 1.82) is 0 Å². The molecule has 0 aliphatic heterocycles. The zero-order valence-corrected chi connectivity index (χ0v) is 11.6. The number of hydrogen-bond donors (Lipinski definition) is 1. The molecule has 0 fully saturated rings. The van der Waals surface area contributed by atoms with Crippen LogP contribution in [0.25, 0.3) is 0 Å². The molecule has 1 rings (SSSR count). The van der Waals surface area contributed by atoms with Gasteiger partial charge in [0.05, 0.1) is 12.0 Å². The predicted molar refractivity (Wildman–Crippen MR) is 72.1 cm³/mol. The van der Waals surface area contributed by atoms with Crippen LogP contribution in [0, 0.1) is 0 Å². The van der Waals surface area contributed by atoms with Crippen LogP contribution in [-0.4, -0.2) is 40.6 Å². The number of aromatic nitrogens is 2. The van der Waals surface area contributed by atoms with Crippen molar-refractivity contribution in [3.8, 4) is 0 Å². The quantitative estimate of drug-likeness (QED) is 0.702. The lowest BCUT2D eigenvalue weighted by molar-refractivity contribution is 0.301. The molecule has 4 heteroatoms. The van der Waals surface area contributed by atoms with E-state index in [2.05, 4.69) is 47.5 Å². The number of imidazole rings is 1. The van der Waals surface area contributed by atoms with E-state index in [1.807, 2.05) is 12.5 Å². The van der Waals surface area contributed by atoms with Gasteiger partial charge in [-0.15, -0.1) is 0 Å². The van der Waals surface area contributed by atoms with Gasteiger partial charge in [-0.3, -0.25) is 0 Å². The highest BCUT2D eigenvalue weighted by Gasteiger charge is 2.04. The highest BCUT2D eigenvalue weighted by molar-refractivity contribution is 4.99. The average molecular weight is 238 g/mol. The Hall–Kier alpha value is -0.870. The summed E-state index contributed by atoms with van der Waals surface area (Å²) in [5.41, 5.74) is 1.26. The van der Waals surface area contributed by atoms with Crippen LogP contribution < -0.4 is 5.32 Å². The topological polar surface area (TPSA) is 33.1 Å². The first kappa shape index (κ1) is 14.2. The van der Waals surface area contributed by atoms with Gasteiger partial charge in [-0.1, -0.05) is 13.8 Å². The summed E-state index contributed by atoms with van der Waals surface area (Å²) in [5.74, 6) is 0. The molecule has 0 unspecified atom stereocenters. The zero-order chi connectivity index (χ0) is 12.7. The van der Waals surface area contributed by atoms with E-state index in [9.17, 15) is 0 Å². The number of likely N-dealkylation sites (N-methyl/N-ethyl adjacent to an activating group) is 1. The van der Waals surface area contributed by atoms with Crippen LogP contribution in [-0.2, 0) is 6.54 Å². The van der Waals surface area contributed by atoms with Crippen LogP contribution in [0.2, 0.25) is 0 Å². The Bertz CT molecular complexity index is 302. The van der Waals surface area contributed by atoms with Crippen molar-refractivity contribution in [2.24, 2.45) is 0 Å². The van der Waals surface area contributed by atoms with Crippen molar-refractivity contribution >= 4 is 0 Å². The molecule has 1 aromatic rings. The largest absolute Gasteiger partial charge is 0.331 e. The van der Waals surface area contributed by atoms with E-state index >= 15 is 0 Å². The molecule has 1 heterocycles. The summed E-state index contributed by atoms with van der Waals surface area (Å²) in [6.45, 7) is 14.1. The second-order valence-corrected chi connectivity index (χ2v) is 4.59. The molecule has 1 N–H and O–H groups in total. The minimum Gasteiger partial charge on any atom is -0.331 e. The summed E-state index contributed by atoms with van der Waals surface area (Å²) in [6, 6.07) is 0.483. The van der Waals surface area contributed by atoms with Gasteiger partial charge in [-0.25, -0.2) is 4.98 Å². The van der Waals surface area contributed by atoms with E-state index < -0.39 is 0 Å². The fourth-order valence-corrected chi connectivity index (χ4v) is 1.93. The van der Waals surface area contributed by atoms with Crippen molar-refractivity contribution in [1.82, 2.24) is 19.8 Å².